The van der Waals surface area contributed by atoms with Crippen LogP contribution in [-0.2, 0) is 16.1 Å². The van der Waals surface area contributed by atoms with E-state index in [0.717, 1.165) is 39.6 Å². The van der Waals surface area contributed by atoms with Gasteiger partial charge in [0.1, 0.15) is 6.04 Å². The van der Waals surface area contributed by atoms with Crippen LogP contribution >= 0.6 is 23.4 Å². The SMILES string of the molecule is CC[C@@H](C)NC(=O)[C@H](C)N(Cc1cccc(C)c1)C(=O)CCCSc1ccc(Cl)cc1. The summed E-state index contributed by atoms with van der Waals surface area (Å²) in [7, 11) is 0. The number of thioether (sulfide) groups is 1. The second kappa shape index (κ2) is 12.8. The Balaban J connectivity index is 2.00. The van der Waals surface area contributed by atoms with E-state index in [2.05, 4.69) is 11.4 Å². The van der Waals surface area contributed by atoms with Crippen LogP contribution < -0.4 is 5.32 Å². The van der Waals surface area contributed by atoms with Gasteiger partial charge in [0.2, 0.25) is 11.8 Å². The third kappa shape index (κ3) is 8.58. The van der Waals surface area contributed by atoms with Gasteiger partial charge in [-0.15, -0.1) is 11.8 Å². The molecular weight excluding hydrogens is 428 g/mol. The van der Waals surface area contributed by atoms with Crippen LogP contribution in [0.2, 0.25) is 5.02 Å². The average molecular weight is 461 g/mol. The molecule has 2 aromatic carbocycles. The molecule has 2 amide bonds. The lowest BCUT2D eigenvalue weighted by Gasteiger charge is -2.30. The smallest absolute Gasteiger partial charge is 0.242 e. The molecule has 0 aliphatic rings. The van der Waals surface area contributed by atoms with E-state index in [1.807, 2.05) is 70.2 Å². The Morgan fingerprint density at radius 3 is 2.48 bits per heavy atom. The Bertz CT molecular complexity index is 857. The molecule has 0 aliphatic heterocycles. The molecule has 0 spiro atoms. The first kappa shape index (κ1) is 25.3. The van der Waals surface area contributed by atoms with Crippen LogP contribution in [0.3, 0.4) is 0 Å². The number of aryl methyl sites for hydroxylation is 1. The minimum atomic E-state index is -0.522. The van der Waals surface area contributed by atoms with Crippen molar-refractivity contribution < 1.29 is 9.59 Å². The number of nitrogens with zero attached hydrogens (tertiary/aromatic N) is 1. The highest BCUT2D eigenvalue weighted by molar-refractivity contribution is 7.99. The number of benzene rings is 2. The summed E-state index contributed by atoms with van der Waals surface area (Å²) in [6, 6.07) is 15.4. The summed E-state index contributed by atoms with van der Waals surface area (Å²) in [5, 5.41) is 3.73. The summed E-state index contributed by atoms with van der Waals surface area (Å²) in [4.78, 5) is 28.7. The van der Waals surface area contributed by atoms with Crippen LogP contribution in [0.5, 0.6) is 0 Å². The molecule has 0 aliphatic carbocycles. The molecule has 0 aromatic heterocycles. The lowest BCUT2D eigenvalue weighted by atomic mass is 10.1. The first-order valence-electron chi connectivity index (χ1n) is 10.8. The van der Waals surface area contributed by atoms with Crippen molar-refractivity contribution in [2.24, 2.45) is 0 Å². The van der Waals surface area contributed by atoms with E-state index in [-0.39, 0.29) is 17.9 Å². The second-order valence-electron chi connectivity index (χ2n) is 7.91. The molecule has 0 fully saturated rings. The van der Waals surface area contributed by atoms with Gasteiger partial charge in [-0.05, 0) is 69.2 Å². The molecule has 31 heavy (non-hydrogen) atoms. The average Bonchev–Trinajstić information content (AvgIpc) is 2.75. The molecule has 0 heterocycles. The first-order valence-corrected chi connectivity index (χ1v) is 12.2. The summed E-state index contributed by atoms with van der Waals surface area (Å²) in [6.45, 7) is 8.28. The number of carbonyl (C=O) groups is 2. The summed E-state index contributed by atoms with van der Waals surface area (Å²) in [5.41, 5.74) is 2.17. The van der Waals surface area contributed by atoms with E-state index in [4.69, 9.17) is 11.6 Å². The largest absolute Gasteiger partial charge is 0.352 e. The normalized spacial score (nSPS) is 12.8. The van der Waals surface area contributed by atoms with E-state index in [1.54, 1.807) is 16.7 Å². The van der Waals surface area contributed by atoms with Crippen LogP contribution in [0, 0.1) is 6.92 Å². The zero-order chi connectivity index (χ0) is 22.8. The van der Waals surface area contributed by atoms with Crippen molar-refractivity contribution in [1.82, 2.24) is 10.2 Å². The van der Waals surface area contributed by atoms with Crippen LogP contribution in [0.25, 0.3) is 0 Å². The molecule has 0 saturated carbocycles. The monoisotopic (exact) mass is 460 g/mol. The molecule has 6 heteroatoms. The summed E-state index contributed by atoms with van der Waals surface area (Å²) < 4.78 is 0. The molecule has 4 nitrogen and oxygen atoms in total. The van der Waals surface area contributed by atoms with Crippen molar-refractivity contribution in [3.63, 3.8) is 0 Å². The number of amides is 2. The standard InChI is InChI=1S/C25H33ClN2O2S/c1-5-19(3)27-25(30)20(4)28(17-21-9-6-8-18(2)16-21)24(29)10-7-15-31-23-13-11-22(26)12-14-23/h6,8-9,11-14,16,19-20H,5,7,10,15,17H2,1-4H3,(H,27,30)/t19-,20+/m1/s1. The number of rotatable bonds is 11. The highest BCUT2D eigenvalue weighted by atomic mass is 35.5. The number of hydrogen-bond acceptors (Lipinski definition) is 3. The predicted octanol–water partition coefficient (Wildman–Crippen LogP) is 5.85. The highest BCUT2D eigenvalue weighted by Crippen LogP contribution is 2.22. The Morgan fingerprint density at radius 1 is 1.13 bits per heavy atom. The quantitative estimate of drug-likeness (QED) is 0.338. The first-order chi connectivity index (χ1) is 14.8. The van der Waals surface area contributed by atoms with Gasteiger partial charge in [0.05, 0.1) is 0 Å². The molecule has 0 radical (unpaired) electrons. The highest BCUT2D eigenvalue weighted by Gasteiger charge is 2.26. The minimum Gasteiger partial charge on any atom is -0.352 e. The van der Waals surface area contributed by atoms with Gasteiger partial charge >= 0.3 is 0 Å². The third-order valence-electron chi connectivity index (χ3n) is 5.22. The maximum Gasteiger partial charge on any atom is 0.242 e. The van der Waals surface area contributed by atoms with Gasteiger partial charge in [0.25, 0.3) is 0 Å². The van der Waals surface area contributed by atoms with Crippen LogP contribution in [0.1, 0.15) is 51.2 Å². The Labute approximate surface area is 195 Å². The molecule has 2 aromatic rings. The van der Waals surface area contributed by atoms with Gasteiger partial charge in [0, 0.05) is 28.9 Å². The Kier molecular flexibility index (Phi) is 10.4. The lowest BCUT2D eigenvalue weighted by molar-refractivity contribution is -0.140. The maximum absolute atomic E-state index is 13.1. The van der Waals surface area contributed by atoms with Crippen molar-refractivity contribution in [3.05, 3.63) is 64.7 Å². The summed E-state index contributed by atoms with van der Waals surface area (Å²) in [5.74, 6) is 0.731. The number of halogens is 1. The molecule has 2 atom stereocenters. The number of hydrogen-bond donors (Lipinski definition) is 1. The van der Waals surface area contributed by atoms with Gasteiger partial charge < -0.3 is 10.2 Å². The van der Waals surface area contributed by atoms with E-state index in [9.17, 15) is 9.59 Å². The lowest BCUT2D eigenvalue weighted by Crippen LogP contribution is -2.49. The van der Waals surface area contributed by atoms with E-state index < -0.39 is 6.04 Å². The molecule has 2 rings (SSSR count). The number of nitrogens with one attached hydrogen (secondary N) is 1. The van der Waals surface area contributed by atoms with Gasteiger partial charge in [0.15, 0.2) is 0 Å². The van der Waals surface area contributed by atoms with Crippen molar-refractivity contribution in [3.8, 4) is 0 Å². The number of carbonyl (C=O) groups excluding carboxylic acids is 2. The predicted molar refractivity (Wildman–Crippen MR) is 130 cm³/mol. The minimum absolute atomic E-state index is 0.00464. The van der Waals surface area contributed by atoms with Crippen LogP contribution in [-0.4, -0.2) is 34.6 Å². The zero-order valence-electron chi connectivity index (χ0n) is 18.9. The van der Waals surface area contributed by atoms with Gasteiger partial charge in [-0.2, -0.15) is 0 Å². The Morgan fingerprint density at radius 2 is 1.84 bits per heavy atom. The van der Waals surface area contributed by atoms with E-state index >= 15 is 0 Å². The van der Waals surface area contributed by atoms with Gasteiger partial charge in [-0.1, -0.05) is 48.4 Å². The van der Waals surface area contributed by atoms with E-state index in [0.29, 0.717) is 13.0 Å². The van der Waals surface area contributed by atoms with Crippen molar-refractivity contribution in [2.45, 2.75) is 70.5 Å². The van der Waals surface area contributed by atoms with Crippen LogP contribution in [0.4, 0.5) is 0 Å². The molecule has 0 bridgehead atoms. The molecular formula is C25H33ClN2O2S. The van der Waals surface area contributed by atoms with Crippen molar-refractivity contribution in [2.75, 3.05) is 5.75 Å². The topological polar surface area (TPSA) is 49.4 Å². The van der Waals surface area contributed by atoms with Crippen molar-refractivity contribution >= 4 is 35.2 Å². The third-order valence-corrected chi connectivity index (χ3v) is 6.57. The van der Waals surface area contributed by atoms with Crippen LogP contribution in [0.15, 0.2) is 53.4 Å². The van der Waals surface area contributed by atoms with Gasteiger partial charge in [-0.25, -0.2) is 0 Å². The molecule has 0 saturated heterocycles. The summed E-state index contributed by atoms with van der Waals surface area (Å²) in [6.07, 6.45) is 2.01. The fourth-order valence-electron chi connectivity index (χ4n) is 3.14. The molecule has 0 unspecified atom stereocenters. The van der Waals surface area contributed by atoms with E-state index in [1.165, 1.54) is 0 Å². The molecule has 1 N–H and O–H groups in total. The molecule has 168 valence electrons. The zero-order valence-corrected chi connectivity index (χ0v) is 20.4. The maximum atomic E-state index is 13.1. The van der Waals surface area contributed by atoms with Crippen molar-refractivity contribution in [1.29, 1.82) is 0 Å². The Hall–Kier alpha value is -1.98. The fraction of sp³-hybridized carbons (Fsp3) is 0.440. The summed E-state index contributed by atoms with van der Waals surface area (Å²) >= 11 is 7.64. The van der Waals surface area contributed by atoms with Gasteiger partial charge in [-0.3, -0.25) is 9.59 Å². The second-order valence-corrected chi connectivity index (χ2v) is 9.52. The fourth-order valence-corrected chi connectivity index (χ4v) is 4.12.